The van der Waals surface area contributed by atoms with Crippen LogP contribution in [0.15, 0.2) is 48.5 Å². The van der Waals surface area contributed by atoms with Gasteiger partial charge in [-0.05, 0) is 42.2 Å². The number of anilines is 1. The maximum atomic E-state index is 12.6. The van der Waals surface area contributed by atoms with Crippen LogP contribution in [0.3, 0.4) is 0 Å². The molecular formula is C20H22F2N2O2. The van der Waals surface area contributed by atoms with E-state index >= 15 is 0 Å². The molecule has 2 aromatic carbocycles. The maximum Gasteiger partial charge on any atom is 0.387 e. The van der Waals surface area contributed by atoms with Crippen LogP contribution in [0, 0.1) is 0 Å². The van der Waals surface area contributed by atoms with Crippen molar-refractivity contribution in [3.8, 4) is 5.75 Å². The Balaban J connectivity index is 1.58. The molecule has 138 valence electrons. The van der Waals surface area contributed by atoms with E-state index in [0.29, 0.717) is 13.1 Å². The van der Waals surface area contributed by atoms with E-state index in [-0.39, 0.29) is 11.7 Å². The van der Waals surface area contributed by atoms with Gasteiger partial charge in [-0.25, -0.2) is 0 Å². The first-order chi connectivity index (χ1) is 12.5. The largest absolute Gasteiger partial charge is 0.435 e. The summed E-state index contributed by atoms with van der Waals surface area (Å²) in [6, 6.07) is 14.5. The predicted octanol–water partition coefficient (Wildman–Crippen LogP) is 3.70. The standard InChI is InChI=1S/C20H22F2N2O2/c1-23(13-15-8-10-17(11-9-15)26-20(21)22)19(25)14-24-12-4-6-16-5-2-3-7-18(16)24/h2-3,5,7-11,20H,4,6,12-14H2,1H3. The first-order valence-corrected chi connectivity index (χ1v) is 8.63. The molecule has 26 heavy (non-hydrogen) atoms. The summed E-state index contributed by atoms with van der Waals surface area (Å²) in [5, 5.41) is 0. The van der Waals surface area contributed by atoms with E-state index in [9.17, 15) is 13.6 Å². The molecule has 1 aliphatic heterocycles. The molecule has 0 saturated carbocycles. The smallest absolute Gasteiger partial charge is 0.387 e. The Bertz CT molecular complexity index is 750. The zero-order valence-corrected chi connectivity index (χ0v) is 14.7. The number of para-hydroxylation sites is 1. The van der Waals surface area contributed by atoms with Crippen molar-refractivity contribution in [1.29, 1.82) is 0 Å². The number of nitrogens with zero attached hydrogens (tertiary/aromatic N) is 2. The van der Waals surface area contributed by atoms with Crippen LogP contribution in [0.4, 0.5) is 14.5 Å². The van der Waals surface area contributed by atoms with E-state index in [1.807, 2.05) is 12.1 Å². The summed E-state index contributed by atoms with van der Waals surface area (Å²) >= 11 is 0. The molecule has 0 atom stereocenters. The van der Waals surface area contributed by atoms with E-state index in [0.717, 1.165) is 30.6 Å². The SMILES string of the molecule is CN(Cc1ccc(OC(F)F)cc1)C(=O)CN1CCCc2ccccc21. The lowest BCUT2D eigenvalue weighted by molar-refractivity contribution is -0.129. The van der Waals surface area contributed by atoms with E-state index in [4.69, 9.17) is 0 Å². The van der Waals surface area contributed by atoms with Crippen molar-refractivity contribution in [2.75, 3.05) is 25.0 Å². The highest BCUT2D eigenvalue weighted by atomic mass is 19.3. The fourth-order valence-electron chi connectivity index (χ4n) is 3.20. The molecule has 4 nitrogen and oxygen atoms in total. The molecule has 0 unspecified atom stereocenters. The number of hydrogen-bond donors (Lipinski definition) is 0. The Hall–Kier alpha value is -2.63. The molecule has 1 amide bonds. The fraction of sp³-hybridized carbons (Fsp3) is 0.350. The summed E-state index contributed by atoms with van der Waals surface area (Å²) in [4.78, 5) is 16.4. The van der Waals surface area contributed by atoms with Crippen molar-refractivity contribution in [1.82, 2.24) is 4.90 Å². The van der Waals surface area contributed by atoms with Crippen molar-refractivity contribution in [3.05, 3.63) is 59.7 Å². The van der Waals surface area contributed by atoms with Crippen LogP contribution in [-0.2, 0) is 17.8 Å². The molecule has 0 bridgehead atoms. The van der Waals surface area contributed by atoms with Crippen molar-refractivity contribution < 1.29 is 18.3 Å². The third kappa shape index (κ3) is 4.50. The summed E-state index contributed by atoms with van der Waals surface area (Å²) in [6.07, 6.45) is 2.09. The normalized spacial score (nSPS) is 13.5. The molecule has 0 saturated heterocycles. The Morgan fingerprint density at radius 2 is 1.92 bits per heavy atom. The summed E-state index contributed by atoms with van der Waals surface area (Å²) < 4.78 is 28.7. The Labute approximate surface area is 152 Å². The van der Waals surface area contributed by atoms with Crippen LogP contribution < -0.4 is 9.64 Å². The molecule has 0 N–H and O–H groups in total. The second kappa shape index (κ2) is 8.17. The van der Waals surface area contributed by atoms with Gasteiger partial charge in [0.15, 0.2) is 0 Å². The van der Waals surface area contributed by atoms with Gasteiger partial charge in [-0.2, -0.15) is 8.78 Å². The average molecular weight is 360 g/mol. The molecule has 0 spiro atoms. The lowest BCUT2D eigenvalue weighted by atomic mass is 10.0. The molecule has 0 aromatic heterocycles. The van der Waals surface area contributed by atoms with Gasteiger partial charge in [0.2, 0.25) is 5.91 Å². The lowest BCUT2D eigenvalue weighted by Crippen LogP contribution is -2.40. The van der Waals surface area contributed by atoms with E-state index in [1.165, 1.54) is 17.7 Å². The van der Waals surface area contributed by atoms with Gasteiger partial charge in [0.1, 0.15) is 5.75 Å². The monoisotopic (exact) mass is 360 g/mol. The Kier molecular flexibility index (Phi) is 5.71. The number of aryl methyl sites for hydroxylation is 1. The van der Waals surface area contributed by atoms with Crippen LogP contribution in [0.2, 0.25) is 0 Å². The molecule has 1 aliphatic rings. The zero-order valence-electron chi connectivity index (χ0n) is 14.7. The molecule has 2 aromatic rings. The second-order valence-corrected chi connectivity index (χ2v) is 6.43. The van der Waals surface area contributed by atoms with Gasteiger partial charge in [-0.15, -0.1) is 0 Å². The summed E-state index contributed by atoms with van der Waals surface area (Å²) in [7, 11) is 1.75. The minimum absolute atomic E-state index is 0.0228. The zero-order chi connectivity index (χ0) is 18.5. The highest BCUT2D eigenvalue weighted by Gasteiger charge is 2.20. The first kappa shape index (κ1) is 18.2. The molecule has 0 radical (unpaired) electrons. The minimum Gasteiger partial charge on any atom is -0.435 e. The third-order valence-corrected chi connectivity index (χ3v) is 4.53. The number of carbonyl (C=O) groups excluding carboxylic acids is 1. The van der Waals surface area contributed by atoms with Gasteiger partial charge in [-0.1, -0.05) is 30.3 Å². The summed E-state index contributed by atoms with van der Waals surface area (Å²) in [6.45, 7) is -1.21. The molecule has 0 aliphatic carbocycles. The highest BCUT2D eigenvalue weighted by molar-refractivity contribution is 5.81. The van der Waals surface area contributed by atoms with Crippen molar-refractivity contribution in [2.45, 2.75) is 26.0 Å². The van der Waals surface area contributed by atoms with Crippen LogP contribution in [0.25, 0.3) is 0 Å². The van der Waals surface area contributed by atoms with E-state index in [2.05, 4.69) is 21.8 Å². The van der Waals surface area contributed by atoms with Crippen molar-refractivity contribution in [2.24, 2.45) is 0 Å². The minimum atomic E-state index is -2.84. The van der Waals surface area contributed by atoms with Gasteiger partial charge in [0, 0.05) is 25.8 Å². The first-order valence-electron chi connectivity index (χ1n) is 8.63. The van der Waals surface area contributed by atoms with Crippen molar-refractivity contribution in [3.63, 3.8) is 0 Å². The Morgan fingerprint density at radius 1 is 1.19 bits per heavy atom. The number of fused-ring (bicyclic) bond motifs is 1. The number of alkyl halides is 2. The lowest BCUT2D eigenvalue weighted by Gasteiger charge is -2.32. The number of ether oxygens (including phenoxy) is 1. The summed E-state index contributed by atoms with van der Waals surface area (Å²) in [5.41, 5.74) is 3.28. The van der Waals surface area contributed by atoms with Crippen LogP contribution in [-0.4, -0.2) is 37.6 Å². The van der Waals surface area contributed by atoms with Crippen molar-refractivity contribution >= 4 is 11.6 Å². The van der Waals surface area contributed by atoms with E-state index in [1.54, 1.807) is 24.1 Å². The van der Waals surface area contributed by atoms with Gasteiger partial charge in [0.25, 0.3) is 0 Å². The van der Waals surface area contributed by atoms with Crippen LogP contribution in [0.1, 0.15) is 17.5 Å². The molecule has 6 heteroatoms. The van der Waals surface area contributed by atoms with Crippen LogP contribution in [0.5, 0.6) is 5.75 Å². The number of amides is 1. The van der Waals surface area contributed by atoms with Crippen LogP contribution >= 0.6 is 0 Å². The topological polar surface area (TPSA) is 32.8 Å². The fourth-order valence-corrected chi connectivity index (χ4v) is 3.20. The molecule has 3 rings (SSSR count). The summed E-state index contributed by atoms with van der Waals surface area (Å²) in [5.74, 6) is 0.136. The third-order valence-electron chi connectivity index (χ3n) is 4.53. The molecule has 0 fully saturated rings. The number of halogens is 2. The molecular weight excluding hydrogens is 338 g/mol. The Morgan fingerprint density at radius 3 is 2.65 bits per heavy atom. The van der Waals surface area contributed by atoms with Gasteiger partial charge >= 0.3 is 6.61 Å². The number of carbonyl (C=O) groups is 1. The average Bonchev–Trinajstić information content (AvgIpc) is 2.63. The number of benzene rings is 2. The quantitative estimate of drug-likeness (QED) is 0.788. The highest BCUT2D eigenvalue weighted by Crippen LogP contribution is 2.26. The van der Waals surface area contributed by atoms with Gasteiger partial charge < -0.3 is 14.5 Å². The molecule has 1 heterocycles. The van der Waals surface area contributed by atoms with E-state index < -0.39 is 6.61 Å². The second-order valence-electron chi connectivity index (χ2n) is 6.43. The number of likely N-dealkylation sites (N-methyl/N-ethyl adjacent to an activating group) is 1. The predicted molar refractivity (Wildman–Crippen MR) is 96.5 cm³/mol. The van der Waals surface area contributed by atoms with Gasteiger partial charge in [-0.3, -0.25) is 4.79 Å². The number of rotatable bonds is 6. The van der Waals surface area contributed by atoms with Gasteiger partial charge in [0.05, 0.1) is 6.54 Å². The maximum absolute atomic E-state index is 12.6. The number of hydrogen-bond acceptors (Lipinski definition) is 3.